The highest BCUT2D eigenvalue weighted by atomic mass is 79.9. The van der Waals surface area contributed by atoms with E-state index < -0.39 is 0 Å². The molecule has 0 spiro atoms. The van der Waals surface area contributed by atoms with Gasteiger partial charge in [-0.1, -0.05) is 0 Å². The molecule has 1 aliphatic carbocycles. The highest BCUT2D eigenvalue weighted by molar-refractivity contribution is 9.10. The number of rotatable bonds is 4. The Morgan fingerprint density at radius 1 is 1.71 bits per heavy atom. The van der Waals surface area contributed by atoms with Gasteiger partial charge in [0.15, 0.2) is 0 Å². The Kier molecular flexibility index (Phi) is 2.86. The average Bonchev–Trinajstić information content (AvgIpc) is 2.92. The van der Waals surface area contributed by atoms with Gasteiger partial charge in [0, 0.05) is 18.7 Å². The Morgan fingerprint density at radius 2 is 2.50 bits per heavy atom. The molecule has 0 aromatic carbocycles. The molecule has 1 heterocycles. The van der Waals surface area contributed by atoms with Gasteiger partial charge in [0.05, 0.1) is 17.2 Å². The fraction of sp³-hybridized carbons (Fsp3) is 0.556. The highest BCUT2D eigenvalue weighted by Gasteiger charge is 2.28. The first-order chi connectivity index (χ1) is 6.75. The molecule has 1 N–H and O–H groups in total. The Hall–Kier alpha value is -0.840. The van der Waals surface area contributed by atoms with Gasteiger partial charge in [-0.05, 0) is 28.8 Å². The Labute approximate surface area is 90.8 Å². The van der Waals surface area contributed by atoms with E-state index in [0.29, 0.717) is 12.5 Å². The summed E-state index contributed by atoms with van der Waals surface area (Å²) >= 11 is 3.32. The largest absolute Gasteiger partial charge is 0.354 e. The zero-order chi connectivity index (χ0) is 9.97. The number of hydrogen-bond donors (Lipinski definition) is 1. The third-order valence-corrected chi connectivity index (χ3v) is 2.60. The van der Waals surface area contributed by atoms with Crippen LogP contribution in [0.15, 0.2) is 16.9 Å². The SMILES string of the molecule is O=C(NCCn1cc(Br)cn1)C1CC1. The summed E-state index contributed by atoms with van der Waals surface area (Å²) < 4.78 is 2.77. The third kappa shape index (κ3) is 2.57. The number of amides is 1. The molecule has 0 bridgehead atoms. The minimum atomic E-state index is 0.191. The summed E-state index contributed by atoms with van der Waals surface area (Å²) in [6.07, 6.45) is 5.74. The van der Waals surface area contributed by atoms with Gasteiger partial charge in [0.2, 0.25) is 5.91 Å². The Morgan fingerprint density at radius 3 is 3.07 bits per heavy atom. The number of aromatic nitrogens is 2. The Bertz CT molecular complexity index is 333. The monoisotopic (exact) mass is 257 g/mol. The van der Waals surface area contributed by atoms with Gasteiger partial charge < -0.3 is 5.32 Å². The summed E-state index contributed by atoms with van der Waals surface area (Å²) in [5.41, 5.74) is 0. The molecule has 0 atom stereocenters. The molecule has 2 rings (SSSR count). The predicted molar refractivity (Wildman–Crippen MR) is 55.7 cm³/mol. The molecule has 1 saturated carbocycles. The number of nitrogens with one attached hydrogen (secondary N) is 1. The van der Waals surface area contributed by atoms with Crippen molar-refractivity contribution in [2.24, 2.45) is 5.92 Å². The van der Waals surface area contributed by atoms with Crippen LogP contribution in [0.4, 0.5) is 0 Å². The molecule has 1 fully saturated rings. The molecule has 4 nitrogen and oxygen atoms in total. The van der Waals surface area contributed by atoms with Gasteiger partial charge in [-0.25, -0.2) is 0 Å². The summed E-state index contributed by atoms with van der Waals surface area (Å²) in [6, 6.07) is 0. The minimum absolute atomic E-state index is 0.191. The minimum Gasteiger partial charge on any atom is -0.354 e. The molecule has 76 valence electrons. The number of hydrogen-bond acceptors (Lipinski definition) is 2. The second-order valence-electron chi connectivity index (χ2n) is 3.49. The summed E-state index contributed by atoms with van der Waals surface area (Å²) in [4.78, 5) is 11.3. The van der Waals surface area contributed by atoms with Crippen molar-refractivity contribution in [1.82, 2.24) is 15.1 Å². The van der Waals surface area contributed by atoms with Crippen LogP contribution in [0.25, 0.3) is 0 Å². The van der Waals surface area contributed by atoms with Crippen molar-refractivity contribution in [2.45, 2.75) is 19.4 Å². The van der Waals surface area contributed by atoms with Gasteiger partial charge in [-0.15, -0.1) is 0 Å². The molecule has 5 heteroatoms. The molecule has 1 aromatic heterocycles. The van der Waals surface area contributed by atoms with Gasteiger partial charge in [-0.2, -0.15) is 5.10 Å². The summed E-state index contributed by atoms with van der Waals surface area (Å²) in [6.45, 7) is 1.38. The van der Waals surface area contributed by atoms with Crippen LogP contribution >= 0.6 is 15.9 Å². The van der Waals surface area contributed by atoms with E-state index in [4.69, 9.17) is 0 Å². The maximum atomic E-state index is 11.3. The van der Waals surface area contributed by atoms with E-state index in [-0.39, 0.29) is 5.91 Å². The van der Waals surface area contributed by atoms with E-state index in [1.807, 2.05) is 6.20 Å². The molecule has 0 saturated heterocycles. The zero-order valence-corrected chi connectivity index (χ0v) is 9.33. The van der Waals surface area contributed by atoms with Crippen LogP contribution in [0.3, 0.4) is 0 Å². The molecule has 14 heavy (non-hydrogen) atoms. The second-order valence-corrected chi connectivity index (χ2v) is 4.40. The van der Waals surface area contributed by atoms with Gasteiger partial charge in [-0.3, -0.25) is 9.48 Å². The molecule has 0 aliphatic heterocycles. The van der Waals surface area contributed by atoms with Gasteiger partial charge in [0.25, 0.3) is 0 Å². The standard InChI is InChI=1S/C9H12BrN3O/c10-8-5-12-13(6-8)4-3-11-9(14)7-1-2-7/h5-7H,1-4H2,(H,11,14). The van der Waals surface area contributed by atoms with E-state index in [2.05, 4.69) is 26.3 Å². The summed E-state index contributed by atoms with van der Waals surface area (Å²) in [5.74, 6) is 0.482. The predicted octanol–water partition coefficient (Wildman–Crippen LogP) is 1.17. The van der Waals surface area contributed by atoms with Crippen molar-refractivity contribution in [3.8, 4) is 0 Å². The molecule has 1 aliphatic rings. The molecular formula is C9H12BrN3O. The smallest absolute Gasteiger partial charge is 0.223 e. The van der Waals surface area contributed by atoms with Crippen LogP contribution < -0.4 is 5.32 Å². The molecular weight excluding hydrogens is 246 g/mol. The van der Waals surface area contributed by atoms with Crippen molar-refractivity contribution >= 4 is 21.8 Å². The average molecular weight is 258 g/mol. The first-order valence-electron chi connectivity index (χ1n) is 4.71. The lowest BCUT2D eigenvalue weighted by molar-refractivity contribution is -0.122. The molecule has 0 radical (unpaired) electrons. The van der Waals surface area contributed by atoms with Crippen molar-refractivity contribution in [1.29, 1.82) is 0 Å². The normalized spacial score (nSPS) is 15.5. The van der Waals surface area contributed by atoms with Crippen LogP contribution in [0.2, 0.25) is 0 Å². The molecule has 1 amide bonds. The van der Waals surface area contributed by atoms with Crippen molar-refractivity contribution in [2.75, 3.05) is 6.54 Å². The second kappa shape index (κ2) is 4.13. The van der Waals surface area contributed by atoms with E-state index in [1.165, 1.54) is 0 Å². The fourth-order valence-electron chi connectivity index (χ4n) is 1.24. The molecule has 0 unspecified atom stereocenters. The number of carbonyl (C=O) groups is 1. The number of nitrogens with zero attached hydrogens (tertiary/aromatic N) is 2. The lowest BCUT2D eigenvalue weighted by Crippen LogP contribution is -2.28. The van der Waals surface area contributed by atoms with E-state index >= 15 is 0 Å². The van der Waals surface area contributed by atoms with Crippen LogP contribution in [0.5, 0.6) is 0 Å². The topological polar surface area (TPSA) is 46.9 Å². The first-order valence-corrected chi connectivity index (χ1v) is 5.50. The first kappa shape index (κ1) is 9.71. The lowest BCUT2D eigenvalue weighted by Gasteiger charge is -2.03. The van der Waals surface area contributed by atoms with Crippen LogP contribution in [-0.4, -0.2) is 22.2 Å². The molecule has 1 aromatic rings. The van der Waals surface area contributed by atoms with Crippen molar-refractivity contribution < 1.29 is 4.79 Å². The van der Waals surface area contributed by atoms with E-state index in [1.54, 1.807) is 10.9 Å². The van der Waals surface area contributed by atoms with Gasteiger partial charge >= 0.3 is 0 Å². The maximum absolute atomic E-state index is 11.3. The van der Waals surface area contributed by atoms with E-state index in [0.717, 1.165) is 23.9 Å². The number of halogens is 1. The highest BCUT2D eigenvalue weighted by Crippen LogP contribution is 2.28. The van der Waals surface area contributed by atoms with Crippen molar-refractivity contribution in [3.63, 3.8) is 0 Å². The number of carbonyl (C=O) groups excluding carboxylic acids is 1. The maximum Gasteiger partial charge on any atom is 0.223 e. The van der Waals surface area contributed by atoms with Crippen LogP contribution in [0.1, 0.15) is 12.8 Å². The van der Waals surface area contributed by atoms with E-state index in [9.17, 15) is 4.79 Å². The van der Waals surface area contributed by atoms with Gasteiger partial charge in [0.1, 0.15) is 0 Å². The lowest BCUT2D eigenvalue weighted by atomic mass is 10.4. The summed E-state index contributed by atoms with van der Waals surface area (Å²) in [7, 11) is 0. The fourth-order valence-corrected chi connectivity index (χ4v) is 1.57. The Balaban J connectivity index is 1.69. The third-order valence-electron chi connectivity index (χ3n) is 2.19. The zero-order valence-electron chi connectivity index (χ0n) is 7.74. The van der Waals surface area contributed by atoms with Crippen molar-refractivity contribution in [3.05, 3.63) is 16.9 Å². The van der Waals surface area contributed by atoms with Crippen LogP contribution in [-0.2, 0) is 11.3 Å². The summed E-state index contributed by atoms with van der Waals surface area (Å²) in [5, 5.41) is 6.98. The quantitative estimate of drug-likeness (QED) is 0.881. The van der Waals surface area contributed by atoms with Crippen LogP contribution in [0, 0.1) is 5.92 Å².